The number of hydrogen-bond acceptors (Lipinski definition) is 9. The Morgan fingerprint density at radius 1 is 0.843 bits per heavy atom. The molecule has 4 aromatic carbocycles. The standard InChI is InChI=1S/C40H40N4O6S/c1-48-37(46)35(22-27-7-3-2-4-8-27)44-39(47)43-24-29-9-5-10-33(21-29)30-15-17-32(18-16-30)38-49-34(26-51-40-41-19-6-20-42-40)23-36(50-38)31-13-11-28(25-45)12-14-31/h2-21,34-36,38,45H,22-26H2,1H3,(H2,43,44,47)/t34-,35+,36+,38+/m1/s1. The van der Waals surface area contributed by atoms with Crippen LogP contribution in [0.4, 0.5) is 4.79 Å². The lowest BCUT2D eigenvalue weighted by atomic mass is 9.99. The van der Waals surface area contributed by atoms with Gasteiger partial charge in [0.1, 0.15) is 6.04 Å². The first-order valence-corrected chi connectivity index (χ1v) is 17.7. The molecule has 11 heteroatoms. The molecule has 0 radical (unpaired) electrons. The fourth-order valence-corrected chi connectivity index (χ4v) is 6.64. The van der Waals surface area contributed by atoms with E-state index in [4.69, 9.17) is 14.2 Å². The average molecular weight is 705 g/mol. The Balaban J connectivity index is 1.10. The summed E-state index contributed by atoms with van der Waals surface area (Å²) in [6.45, 7) is 0.260. The molecule has 2 amide bonds. The van der Waals surface area contributed by atoms with Crippen LogP contribution in [0.15, 0.2) is 127 Å². The minimum Gasteiger partial charge on any atom is -0.467 e. The van der Waals surface area contributed by atoms with E-state index < -0.39 is 24.3 Å². The highest BCUT2D eigenvalue weighted by Crippen LogP contribution is 2.39. The van der Waals surface area contributed by atoms with Gasteiger partial charge in [-0.1, -0.05) is 109 Å². The van der Waals surface area contributed by atoms with Crippen molar-refractivity contribution in [2.45, 2.75) is 55.7 Å². The van der Waals surface area contributed by atoms with Gasteiger partial charge in [-0.25, -0.2) is 19.6 Å². The molecule has 51 heavy (non-hydrogen) atoms. The zero-order valence-corrected chi connectivity index (χ0v) is 29.0. The summed E-state index contributed by atoms with van der Waals surface area (Å²) in [5, 5.41) is 15.8. The van der Waals surface area contributed by atoms with E-state index in [0.717, 1.165) is 38.9 Å². The Morgan fingerprint density at radius 2 is 1.57 bits per heavy atom. The van der Waals surface area contributed by atoms with Crippen LogP contribution in [0.2, 0.25) is 0 Å². The van der Waals surface area contributed by atoms with Gasteiger partial charge in [0, 0.05) is 43.1 Å². The smallest absolute Gasteiger partial charge is 0.328 e. The number of amides is 2. The number of nitrogens with zero attached hydrogens (tertiary/aromatic N) is 2. The Hall–Kier alpha value is -5.07. The van der Waals surface area contributed by atoms with Gasteiger partial charge < -0.3 is 30.0 Å². The number of urea groups is 1. The van der Waals surface area contributed by atoms with Crippen molar-refractivity contribution >= 4 is 23.8 Å². The number of esters is 1. The second-order valence-electron chi connectivity index (χ2n) is 12.1. The fourth-order valence-electron chi connectivity index (χ4n) is 5.82. The van der Waals surface area contributed by atoms with Crippen molar-refractivity contribution in [1.29, 1.82) is 0 Å². The Labute approximate surface area is 301 Å². The molecule has 1 saturated heterocycles. The first-order chi connectivity index (χ1) is 25.0. The molecule has 5 aromatic rings. The lowest BCUT2D eigenvalue weighted by Gasteiger charge is -2.36. The van der Waals surface area contributed by atoms with E-state index >= 15 is 0 Å². The van der Waals surface area contributed by atoms with Crippen LogP contribution >= 0.6 is 11.8 Å². The molecule has 1 aromatic heterocycles. The normalized spacial score (nSPS) is 17.6. The lowest BCUT2D eigenvalue weighted by Crippen LogP contribution is -2.47. The Morgan fingerprint density at radius 3 is 2.29 bits per heavy atom. The summed E-state index contributed by atoms with van der Waals surface area (Å²) in [6.07, 6.45) is 3.57. The predicted octanol–water partition coefficient (Wildman–Crippen LogP) is 6.56. The monoisotopic (exact) mass is 704 g/mol. The molecule has 1 aliphatic heterocycles. The van der Waals surface area contributed by atoms with Gasteiger partial charge in [0.25, 0.3) is 0 Å². The molecule has 0 aliphatic carbocycles. The molecule has 0 bridgehead atoms. The van der Waals surface area contributed by atoms with Crippen molar-refractivity contribution in [2.24, 2.45) is 0 Å². The number of methoxy groups -OCH3 is 1. The van der Waals surface area contributed by atoms with Crippen LogP contribution in [0.5, 0.6) is 0 Å². The van der Waals surface area contributed by atoms with Crippen LogP contribution in [-0.4, -0.2) is 52.1 Å². The van der Waals surface area contributed by atoms with Gasteiger partial charge in [0.15, 0.2) is 11.4 Å². The zero-order valence-electron chi connectivity index (χ0n) is 28.2. The maximum Gasteiger partial charge on any atom is 0.328 e. The van der Waals surface area contributed by atoms with Crippen LogP contribution in [0.1, 0.15) is 46.6 Å². The van der Waals surface area contributed by atoms with Gasteiger partial charge in [-0.05, 0) is 45.5 Å². The number of aliphatic hydroxyl groups is 1. The molecular weight excluding hydrogens is 665 g/mol. The number of hydrogen-bond donors (Lipinski definition) is 3. The molecule has 3 N–H and O–H groups in total. The van der Waals surface area contributed by atoms with Crippen LogP contribution < -0.4 is 10.6 Å². The van der Waals surface area contributed by atoms with Crippen LogP contribution in [0.3, 0.4) is 0 Å². The zero-order chi connectivity index (χ0) is 35.4. The van der Waals surface area contributed by atoms with Gasteiger partial charge in [-0.3, -0.25) is 0 Å². The van der Waals surface area contributed by atoms with E-state index in [1.165, 1.54) is 7.11 Å². The van der Waals surface area contributed by atoms with E-state index in [0.29, 0.717) is 23.8 Å². The number of aliphatic hydroxyl groups excluding tert-OH is 1. The number of carbonyl (C=O) groups is 2. The van der Waals surface area contributed by atoms with Crippen LogP contribution in [0.25, 0.3) is 11.1 Å². The highest BCUT2D eigenvalue weighted by molar-refractivity contribution is 7.99. The second kappa shape index (κ2) is 17.7. The predicted molar refractivity (Wildman–Crippen MR) is 194 cm³/mol. The number of thioether (sulfide) groups is 1. The van der Waals surface area contributed by atoms with Crippen molar-refractivity contribution < 1.29 is 28.9 Å². The summed E-state index contributed by atoms with van der Waals surface area (Å²) in [7, 11) is 1.31. The molecule has 2 heterocycles. The molecule has 10 nitrogen and oxygen atoms in total. The number of aromatic nitrogens is 2. The van der Waals surface area contributed by atoms with Gasteiger partial charge in [0.05, 0.1) is 25.9 Å². The Bertz CT molecular complexity index is 1860. The number of ether oxygens (including phenoxy) is 3. The minimum absolute atomic E-state index is 0.0123. The van der Waals surface area contributed by atoms with Crippen molar-refractivity contribution in [3.05, 3.63) is 149 Å². The van der Waals surface area contributed by atoms with E-state index in [-0.39, 0.29) is 25.4 Å². The highest BCUT2D eigenvalue weighted by Gasteiger charge is 2.32. The highest BCUT2D eigenvalue weighted by atomic mass is 32.2. The first-order valence-electron chi connectivity index (χ1n) is 16.7. The number of rotatable bonds is 13. The van der Waals surface area contributed by atoms with E-state index in [1.54, 1.807) is 30.2 Å². The molecule has 0 saturated carbocycles. The van der Waals surface area contributed by atoms with Crippen LogP contribution in [0, 0.1) is 0 Å². The second-order valence-corrected chi connectivity index (χ2v) is 13.1. The maximum absolute atomic E-state index is 12.8. The molecule has 262 valence electrons. The third kappa shape index (κ3) is 10.0. The third-order valence-corrected chi connectivity index (χ3v) is 9.53. The summed E-state index contributed by atoms with van der Waals surface area (Å²) in [5.74, 6) is 0.162. The quantitative estimate of drug-likeness (QED) is 0.0709. The summed E-state index contributed by atoms with van der Waals surface area (Å²) >= 11 is 1.55. The summed E-state index contributed by atoms with van der Waals surface area (Å²) < 4.78 is 17.9. The molecule has 1 aliphatic rings. The SMILES string of the molecule is COC(=O)[C@H](Cc1ccccc1)NC(=O)NCc1cccc(-c2ccc([C@H]3O[C@@H](CSc4ncccn4)C[C@@H](c4ccc(CO)cc4)O3)cc2)c1. The third-order valence-electron chi connectivity index (χ3n) is 8.53. The van der Waals surface area contributed by atoms with Gasteiger partial charge in [-0.2, -0.15) is 0 Å². The van der Waals surface area contributed by atoms with Gasteiger partial charge in [-0.15, -0.1) is 0 Å². The number of nitrogens with one attached hydrogen (secondary N) is 2. The molecule has 0 unspecified atom stereocenters. The van der Waals surface area contributed by atoms with Crippen molar-refractivity contribution in [2.75, 3.05) is 12.9 Å². The Kier molecular flexibility index (Phi) is 12.4. The minimum atomic E-state index is -0.812. The summed E-state index contributed by atoms with van der Waals surface area (Å²) in [5.41, 5.74) is 6.58. The maximum atomic E-state index is 12.8. The van der Waals surface area contributed by atoms with E-state index in [1.807, 2.05) is 103 Å². The van der Waals surface area contributed by atoms with Crippen LogP contribution in [-0.2, 0) is 38.6 Å². The van der Waals surface area contributed by atoms with Crippen molar-refractivity contribution in [3.63, 3.8) is 0 Å². The topological polar surface area (TPSA) is 132 Å². The molecular formula is C40H40N4O6S. The summed E-state index contributed by atoms with van der Waals surface area (Å²) in [4.78, 5) is 33.8. The van der Waals surface area contributed by atoms with E-state index in [2.05, 4.69) is 20.6 Å². The van der Waals surface area contributed by atoms with Crippen molar-refractivity contribution in [1.82, 2.24) is 20.6 Å². The number of benzene rings is 4. The molecule has 4 atom stereocenters. The number of carbonyl (C=O) groups excluding carboxylic acids is 2. The molecule has 6 rings (SSSR count). The summed E-state index contributed by atoms with van der Waals surface area (Å²) in [6, 6.07) is 33.9. The fraction of sp³-hybridized carbons (Fsp3) is 0.250. The first kappa shape index (κ1) is 35.7. The van der Waals surface area contributed by atoms with Gasteiger partial charge in [0.2, 0.25) is 0 Å². The average Bonchev–Trinajstić information content (AvgIpc) is 3.19. The molecule has 0 spiro atoms. The van der Waals surface area contributed by atoms with E-state index in [9.17, 15) is 14.7 Å². The van der Waals surface area contributed by atoms with Gasteiger partial charge >= 0.3 is 12.0 Å². The molecule has 1 fully saturated rings. The lowest BCUT2D eigenvalue weighted by molar-refractivity contribution is -0.245. The largest absolute Gasteiger partial charge is 0.467 e. The van der Waals surface area contributed by atoms with Crippen molar-refractivity contribution in [3.8, 4) is 11.1 Å².